The molecule has 2 atom stereocenters. The molecule has 5 rings (SSSR count). The number of hydrogen-bond donors (Lipinski definition) is 2. The second kappa shape index (κ2) is 8.39. The largest absolute Gasteiger partial charge is 0.489 e. The van der Waals surface area contributed by atoms with Crippen LogP contribution in [0.25, 0.3) is 33.2 Å². The zero-order valence-electron chi connectivity index (χ0n) is 19.1. The van der Waals surface area contributed by atoms with E-state index in [1.165, 1.54) is 10.7 Å². The number of terminal acetylenes is 1. The predicted octanol–water partition coefficient (Wildman–Crippen LogP) is 3.23. The van der Waals surface area contributed by atoms with Gasteiger partial charge in [-0.1, -0.05) is 18.9 Å². The van der Waals surface area contributed by atoms with E-state index in [9.17, 15) is 10.1 Å². The summed E-state index contributed by atoms with van der Waals surface area (Å²) in [5, 5.41) is 21.9. The van der Waals surface area contributed by atoms with Gasteiger partial charge in [0.05, 0.1) is 34.1 Å². The Balaban J connectivity index is 1.77. The average Bonchev–Trinajstić information content (AvgIpc) is 3.42. The van der Waals surface area contributed by atoms with Gasteiger partial charge < -0.3 is 10.5 Å². The lowest BCUT2D eigenvalue weighted by molar-refractivity contribution is 0.287. The minimum absolute atomic E-state index is 0.00545. The maximum Gasteiger partial charge on any atom is 0.272 e. The van der Waals surface area contributed by atoms with Gasteiger partial charge >= 0.3 is 0 Å². The van der Waals surface area contributed by atoms with Crippen LogP contribution in [0.1, 0.15) is 30.2 Å². The van der Waals surface area contributed by atoms with Gasteiger partial charge in [-0.05, 0) is 30.0 Å². The summed E-state index contributed by atoms with van der Waals surface area (Å²) in [7, 11) is 1.66. The summed E-state index contributed by atoms with van der Waals surface area (Å²) in [6.45, 7) is 2.16. The molecule has 1 saturated carbocycles. The van der Waals surface area contributed by atoms with E-state index in [2.05, 4.69) is 27.3 Å². The summed E-state index contributed by atoms with van der Waals surface area (Å²) >= 11 is 0. The Morgan fingerprint density at radius 3 is 2.80 bits per heavy atom. The van der Waals surface area contributed by atoms with Crippen LogP contribution in [0, 0.1) is 35.4 Å². The highest BCUT2D eigenvalue weighted by atomic mass is 19.1. The Labute approximate surface area is 200 Å². The van der Waals surface area contributed by atoms with Crippen molar-refractivity contribution in [3.05, 3.63) is 63.5 Å². The van der Waals surface area contributed by atoms with E-state index in [-0.39, 0.29) is 40.6 Å². The van der Waals surface area contributed by atoms with Gasteiger partial charge in [0.15, 0.2) is 0 Å². The monoisotopic (exact) mass is 468 g/mol. The lowest BCUT2D eigenvalue weighted by atomic mass is 9.94. The number of halogens is 1. The molecule has 1 aliphatic carbocycles. The van der Waals surface area contributed by atoms with Crippen molar-refractivity contribution in [3.8, 4) is 46.5 Å². The first-order valence-electron chi connectivity index (χ1n) is 11.0. The lowest BCUT2D eigenvalue weighted by Gasteiger charge is -2.16. The topological polar surface area (TPSA) is 123 Å². The molecule has 9 heteroatoms. The Kier molecular flexibility index (Phi) is 5.35. The molecule has 4 aromatic rings. The van der Waals surface area contributed by atoms with Crippen LogP contribution in [0.5, 0.6) is 5.75 Å². The van der Waals surface area contributed by atoms with Gasteiger partial charge in [0.1, 0.15) is 29.3 Å². The fraction of sp³-hybridized carbons (Fsp3) is 0.231. The zero-order chi connectivity index (χ0) is 24.9. The van der Waals surface area contributed by atoms with E-state index in [0.29, 0.717) is 39.2 Å². The van der Waals surface area contributed by atoms with Gasteiger partial charge in [-0.15, -0.1) is 6.42 Å². The lowest BCUT2D eigenvalue weighted by Crippen LogP contribution is -2.13. The second-order valence-electron chi connectivity index (χ2n) is 8.61. The summed E-state index contributed by atoms with van der Waals surface area (Å²) in [4.78, 5) is 12.2. The van der Waals surface area contributed by atoms with E-state index in [1.54, 1.807) is 31.4 Å². The fourth-order valence-electron chi connectivity index (χ4n) is 4.27. The van der Waals surface area contributed by atoms with Crippen LogP contribution in [0.2, 0.25) is 0 Å². The summed E-state index contributed by atoms with van der Waals surface area (Å²) in [6.07, 6.45) is 7.99. The molecule has 3 N–H and O–H groups in total. The van der Waals surface area contributed by atoms with Crippen molar-refractivity contribution in [2.24, 2.45) is 18.7 Å². The summed E-state index contributed by atoms with van der Waals surface area (Å²) in [5.41, 5.74) is 7.61. The number of benzene rings is 2. The number of ether oxygens (including phenoxy) is 1. The Hall–Kier alpha value is -4.47. The van der Waals surface area contributed by atoms with Crippen LogP contribution in [0.15, 0.2) is 35.3 Å². The van der Waals surface area contributed by atoms with Crippen molar-refractivity contribution in [2.45, 2.75) is 26.0 Å². The quantitative estimate of drug-likeness (QED) is 0.434. The number of aryl methyl sites for hydroxylation is 1. The van der Waals surface area contributed by atoms with E-state index >= 15 is 4.39 Å². The smallest absolute Gasteiger partial charge is 0.272 e. The van der Waals surface area contributed by atoms with Crippen molar-refractivity contribution >= 4 is 10.8 Å². The van der Waals surface area contributed by atoms with Crippen molar-refractivity contribution in [1.29, 1.82) is 5.26 Å². The van der Waals surface area contributed by atoms with E-state index in [4.69, 9.17) is 16.9 Å². The second-order valence-corrected chi connectivity index (χ2v) is 8.61. The molecule has 1 aliphatic rings. The van der Waals surface area contributed by atoms with Crippen LogP contribution in [0.4, 0.5) is 4.39 Å². The maximum absolute atomic E-state index is 15.7. The molecule has 1 fully saturated rings. The SMILES string of the molecule is C#Cc1cc(O[C@@H]2C[C@@H]2C)c(C#N)c(-c2c(-c3ccc4c(=O)[nH]nc(CN)c4c3)cnn2C)c1F. The van der Waals surface area contributed by atoms with Crippen LogP contribution in [-0.2, 0) is 13.6 Å². The number of nitrogens with one attached hydrogen (secondary N) is 1. The molecule has 0 saturated heterocycles. The van der Waals surface area contributed by atoms with Gasteiger partial charge in [-0.25, -0.2) is 9.49 Å². The Morgan fingerprint density at radius 1 is 1.37 bits per heavy atom. The molecular formula is C26H21FN6O2. The number of nitriles is 1. The third-order valence-electron chi connectivity index (χ3n) is 6.36. The highest BCUT2D eigenvalue weighted by molar-refractivity contribution is 5.92. The molecule has 0 unspecified atom stereocenters. The molecule has 8 nitrogen and oxygen atoms in total. The third-order valence-corrected chi connectivity index (χ3v) is 6.36. The predicted molar refractivity (Wildman–Crippen MR) is 129 cm³/mol. The minimum Gasteiger partial charge on any atom is -0.489 e. The van der Waals surface area contributed by atoms with Crippen LogP contribution in [-0.4, -0.2) is 26.1 Å². The Morgan fingerprint density at radius 2 is 2.14 bits per heavy atom. The van der Waals surface area contributed by atoms with Crippen molar-refractivity contribution in [3.63, 3.8) is 0 Å². The number of nitrogens with zero attached hydrogens (tertiary/aromatic N) is 4. The van der Waals surface area contributed by atoms with Gasteiger partial charge in [0.2, 0.25) is 0 Å². The van der Waals surface area contributed by atoms with Crippen molar-refractivity contribution in [2.75, 3.05) is 0 Å². The Bertz CT molecular complexity index is 1640. The summed E-state index contributed by atoms with van der Waals surface area (Å²) < 4.78 is 23.2. The first-order chi connectivity index (χ1) is 16.9. The number of rotatable bonds is 5. The normalized spacial score (nSPS) is 16.6. The van der Waals surface area contributed by atoms with E-state index in [1.807, 2.05) is 6.92 Å². The van der Waals surface area contributed by atoms with Crippen LogP contribution < -0.4 is 16.0 Å². The molecule has 0 bridgehead atoms. The number of fused-ring (bicyclic) bond motifs is 1. The molecule has 2 aromatic heterocycles. The summed E-state index contributed by atoms with van der Waals surface area (Å²) in [5.74, 6) is 2.26. The number of aromatic nitrogens is 4. The molecule has 0 aliphatic heterocycles. The first kappa shape index (κ1) is 22.3. The van der Waals surface area contributed by atoms with Crippen LogP contribution >= 0.6 is 0 Å². The molecule has 0 radical (unpaired) electrons. The first-order valence-corrected chi connectivity index (χ1v) is 11.0. The van der Waals surface area contributed by atoms with Crippen molar-refractivity contribution < 1.29 is 9.13 Å². The maximum atomic E-state index is 15.7. The summed E-state index contributed by atoms with van der Waals surface area (Å²) in [6, 6.07) is 8.66. The highest BCUT2D eigenvalue weighted by Crippen LogP contribution is 2.42. The standard InChI is InChI=1S/C26H21FN6O2/c1-4-14-9-22(35-21-7-13(21)2)18(10-28)23(24(14)27)25-19(12-30-33(25)3)15-5-6-16-17(8-15)20(11-29)31-32-26(16)34/h1,5-6,8-9,12-13,21H,7,11,29H2,2-3H3,(H,32,34)/t13-,21+/m0/s1. The highest BCUT2D eigenvalue weighted by Gasteiger charge is 2.36. The van der Waals surface area contributed by atoms with Crippen LogP contribution in [0.3, 0.4) is 0 Å². The van der Waals surface area contributed by atoms with Gasteiger partial charge in [0.25, 0.3) is 5.56 Å². The number of nitrogens with two attached hydrogens (primary N) is 1. The fourth-order valence-corrected chi connectivity index (χ4v) is 4.27. The number of hydrogen-bond acceptors (Lipinski definition) is 6. The van der Waals surface area contributed by atoms with E-state index in [0.717, 1.165) is 6.42 Å². The third kappa shape index (κ3) is 3.63. The molecule has 0 spiro atoms. The molecule has 2 heterocycles. The van der Waals surface area contributed by atoms with Crippen molar-refractivity contribution in [1.82, 2.24) is 20.0 Å². The molecular weight excluding hydrogens is 447 g/mol. The van der Waals surface area contributed by atoms with Gasteiger partial charge in [0, 0.05) is 30.6 Å². The molecule has 35 heavy (non-hydrogen) atoms. The molecule has 0 amide bonds. The van der Waals surface area contributed by atoms with E-state index < -0.39 is 5.82 Å². The zero-order valence-corrected chi connectivity index (χ0v) is 19.1. The number of H-pyrrole nitrogens is 1. The molecule has 174 valence electrons. The van der Waals surface area contributed by atoms with Gasteiger partial charge in [-0.3, -0.25) is 9.48 Å². The molecule has 2 aromatic carbocycles. The average molecular weight is 468 g/mol. The number of aromatic amines is 1. The van der Waals surface area contributed by atoms with Gasteiger partial charge in [-0.2, -0.15) is 15.5 Å². The minimum atomic E-state index is -0.702.